The number of benzene rings is 2. The summed E-state index contributed by atoms with van der Waals surface area (Å²) in [5, 5.41) is 1.24. The van der Waals surface area contributed by atoms with Gasteiger partial charge < -0.3 is 9.47 Å². The van der Waals surface area contributed by atoms with E-state index >= 15 is 0 Å². The first-order valence-corrected chi connectivity index (χ1v) is 15.2. The van der Waals surface area contributed by atoms with E-state index in [-0.39, 0.29) is 0 Å². The Hall–Kier alpha value is -2.70. The molecule has 0 heterocycles. The molecule has 0 bridgehead atoms. The van der Waals surface area contributed by atoms with E-state index in [1.54, 1.807) is 0 Å². The van der Waals surface area contributed by atoms with Crippen molar-refractivity contribution in [2.75, 3.05) is 13.2 Å². The van der Waals surface area contributed by atoms with Gasteiger partial charge in [0.25, 0.3) is 0 Å². The van der Waals surface area contributed by atoms with E-state index < -0.39 is 7.55 Å². The van der Waals surface area contributed by atoms with Crippen molar-refractivity contribution in [3.8, 4) is 11.5 Å². The van der Waals surface area contributed by atoms with Crippen LogP contribution < -0.4 is 14.8 Å². The highest BCUT2D eigenvalue weighted by molar-refractivity contribution is 7.68. The van der Waals surface area contributed by atoms with Gasteiger partial charge in [-0.05, 0) is 56.9 Å². The number of ether oxygens (including phenoxy) is 2. The maximum Gasteiger partial charge on any atom is 0.195 e. The summed E-state index contributed by atoms with van der Waals surface area (Å²) in [4.78, 5) is 0. The highest BCUT2D eigenvalue weighted by Gasteiger charge is 2.22. The molecule has 0 aliphatic heterocycles. The monoisotopic (exact) mass is 516 g/mol. The number of hydrogen-bond acceptors (Lipinski definition) is 2. The van der Waals surface area contributed by atoms with Crippen LogP contribution in [0.25, 0.3) is 0 Å². The summed E-state index contributed by atoms with van der Waals surface area (Å²) in [5.74, 6) is 8.12. The average Bonchev–Trinajstić information content (AvgIpc) is 2.83. The predicted octanol–water partition coefficient (Wildman–Crippen LogP) is 9.31. The van der Waals surface area contributed by atoms with E-state index in [0.29, 0.717) is 0 Å². The highest BCUT2D eigenvalue weighted by atomic mass is 31.1. The molecule has 37 heavy (non-hydrogen) atoms. The van der Waals surface area contributed by atoms with Crippen LogP contribution in [0.3, 0.4) is 0 Å². The van der Waals surface area contributed by atoms with Gasteiger partial charge in [0, 0.05) is 11.6 Å². The van der Waals surface area contributed by atoms with Crippen LogP contribution >= 0.6 is 7.55 Å². The van der Waals surface area contributed by atoms with E-state index in [4.69, 9.17) is 9.47 Å². The van der Waals surface area contributed by atoms with Gasteiger partial charge >= 0.3 is 0 Å². The first-order valence-electron chi connectivity index (χ1n) is 13.8. The Bertz CT molecular complexity index is 1170. The SMILES string of the molecule is CCCCOc1ccc([P+](C=C2C(C)=C[C-](C)C=C2C)=Cc2c(C)cc(C)cc2C)c(OCCCC)c1. The standard InChI is InChI=1S/C34H45O2P/c1-9-11-15-35-30-13-14-34(33(21-30)36-16-12-10-2)37(22-31-26(5)17-24(3)18-27(31)6)23-32-28(7)19-25(4)20-29(32)8/h13-14,17-23H,9-12,15-16H2,1-8H3. The molecule has 1 unspecified atom stereocenters. The van der Waals surface area contributed by atoms with Gasteiger partial charge in [0.2, 0.25) is 0 Å². The largest absolute Gasteiger partial charge is 0.493 e. The lowest BCUT2D eigenvalue weighted by atomic mass is 9.90. The topological polar surface area (TPSA) is 18.5 Å². The summed E-state index contributed by atoms with van der Waals surface area (Å²) in [6, 6.07) is 11.1. The minimum absolute atomic E-state index is 0.719. The van der Waals surface area contributed by atoms with Crippen molar-refractivity contribution in [1.82, 2.24) is 0 Å². The Morgan fingerprint density at radius 3 is 2.00 bits per heavy atom. The Balaban J connectivity index is 2.20. The number of rotatable bonds is 11. The van der Waals surface area contributed by atoms with Crippen molar-refractivity contribution in [2.24, 2.45) is 0 Å². The molecular formula is C34H45O2P. The minimum atomic E-state index is -0.793. The first-order chi connectivity index (χ1) is 17.7. The summed E-state index contributed by atoms with van der Waals surface area (Å²) in [6.45, 7) is 19.1. The molecule has 3 heteroatoms. The normalized spacial score (nSPS) is 13.9. The zero-order chi connectivity index (χ0) is 26.9. The zero-order valence-corrected chi connectivity index (χ0v) is 25.1. The zero-order valence-electron chi connectivity index (χ0n) is 24.2. The van der Waals surface area contributed by atoms with Crippen LogP contribution in [-0.4, -0.2) is 19.0 Å². The van der Waals surface area contributed by atoms with Crippen molar-refractivity contribution in [3.05, 3.63) is 93.2 Å². The van der Waals surface area contributed by atoms with Gasteiger partial charge in [0.1, 0.15) is 17.4 Å². The number of allylic oxidation sites excluding steroid dienone is 5. The second kappa shape index (κ2) is 13.7. The molecule has 0 fully saturated rings. The molecule has 1 aliphatic carbocycles. The molecule has 2 aromatic carbocycles. The molecule has 2 aromatic rings. The van der Waals surface area contributed by atoms with E-state index in [1.165, 1.54) is 50.2 Å². The van der Waals surface area contributed by atoms with Gasteiger partial charge in [0.05, 0.1) is 13.2 Å². The number of unbranched alkanes of at least 4 members (excludes halogenated alkanes) is 2. The minimum Gasteiger partial charge on any atom is -0.493 e. The molecule has 0 radical (unpaired) electrons. The Kier molecular flexibility index (Phi) is 10.7. The molecule has 0 aromatic heterocycles. The van der Waals surface area contributed by atoms with Crippen LogP contribution in [0.15, 0.2) is 65.0 Å². The highest BCUT2D eigenvalue weighted by Crippen LogP contribution is 2.39. The summed E-state index contributed by atoms with van der Waals surface area (Å²) in [5.41, 5.74) is 9.26. The quantitative estimate of drug-likeness (QED) is 0.168. The lowest BCUT2D eigenvalue weighted by Gasteiger charge is -2.25. The summed E-state index contributed by atoms with van der Waals surface area (Å²) in [6.07, 6.45) is 8.91. The summed E-state index contributed by atoms with van der Waals surface area (Å²) in [7, 11) is -0.793. The molecule has 0 saturated heterocycles. The average molecular weight is 517 g/mol. The molecular weight excluding hydrogens is 471 g/mol. The van der Waals surface area contributed by atoms with Crippen LogP contribution in [0.5, 0.6) is 11.5 Å². The molecule has 1 atom stereocenters. The molecule has 0 spiro atoms. The predicted molar refractivity (Wildman–Crippen MR) is 164 cm³/mol. The smallest absolute Gasteiger partial charge is 0.195 e. The van der Waals surface area contributed by atoms with Crippen molar-refractivity contribution in [2.45, 2.75) is 81.1 Å². The van der Waals surface area contributed by atoms with E-state index in [9.17, 15) is 0 Å². The van der Waals surface area contributed by atoms with Gasteiger partial charge in [-0.25, -0.2) is 0 Å². The Labute approximate surface area is 226 Å². The summed E-state index contributed by atoms with van der Waals surface area (Å²) < 4.78 is 12.5. The second-order valence-electron chi connectivity index (χ2n) is 10.3. The second-order valence-corrected chi connectivity index (χ2v) is 12.1. The van der Waals surface area contributed by atoms with Gasteiger partial charge in [-0.1, -0.05) is 70.7 Å². The lowest BCUT2D eigenvalue weighted by Crippen LogP contribution is -2.09. The van der Waals surface area contributed by atoms with Crippen LogP contribution in [0.4, 0.5) is 0 Å². The van der Waals surface area contributed by atoms with Gasteiger partial charge in [-0.2, -0.15) is 18.1 Å². The van der Waals surface area contributed by atoms with E-state index in [0.717, 1.165) is 50.4 Å². The van der Waals surface area contributed by atoms with Crippen molar-refractivity contribution in [1.29, 1.82) is 0 Å². The lowest BCUT2D eigenvalue weighted by molar-refractivity contribution is 0.296. The maximum atomic E-state index is 6.44. The Morgan fingerprint density at radius 1 is 0.811 bits per heavy atom. The molecule has 3 rings (SSSR count). The van der Waals surface area contributed by atoms with Crippen LogP contribution in [0.2, 0.25) is 0 Å². The van der Waals surface area contributed by atoms with Crippen molar-refractivity contribution >= 4 is 18.6 Å². The van der Waals surface area contributed by atoms with Crippen LogP contribution in [0.1, 0.15) is 82.6 Å². The fourth-order valence-corrected chi connectivity index (χ4v) is 7.17. The van der Waals surface area contributed by atoms with Gasteiger partial charge in [-0.3, -0.25) is 0 Å². The fraction of sp³-hybridized carbons (Fsp3) is 0.412. The molecule has 1 aliphatic rings. The Morgan fingerprint density at radius 2 is 1.41 bits per heavy atom. The van der Waals surface area contributed by atoms with Crippen molar-refractivity contribution < 1.29 is 9.47 Å². The third-order valence-corrected chi connectivity index (χ3v) is 8.74. The van der Waals surface area contributed by atoms with E-state index in [1.807, 2.05) is 0 Å². The van der Waals surface area contributed by atoms with Crippen LogP contribution in [-0.2, 0) is 0 Å². The first kappa shape index (κ1) is 28.9. The molecule has 0 saturated carbocycles. The van der Waals surface area contributed by atoms with Crippen LogP contribution in [0, 0.1) is 26.7 Å². The molecule has 2 nitrogen and oxygen atoms in total. The number of hydrogen-bond donors (Lipinski definition) is 0. The third-order valence-electron chi connectivity index (χ3n) is 6.74. The van der Waals surface area contributed by atoms with Gasteiger partial charge in [-0.15, -0.1) is 11.1 Å². The summed E-state index contributed by atoms with van der Waals surface area (Å²) >= 11 is 0. The number of aryl methyl sites for hydroxylation is 3. The molecule has 198 valence electrons. The van der Waals surface area contributed by atoms with Gasteiger partial charge in [0.15, 0.2) is 18.6 Å². The molecule has 0 N–H and O–H groups in total. The van der Waals surface area contributed by atoms with E-state index in [2.05, 4.69) is 109 Å². The molecule has 0 amide bonds. The van der Waals surface area contributed by atoms with Crippen molar-refractivity contribution in [3.63, 3.8) is 0 Å². The maximum absolute atomic E-state index is 6.44. The third kappa shape index (κ3) is 7.89. The fourth-order valence-electron chi connectivity index (χ4n) is 4.82.